The van der Waals surface area contributed by atoms with E-state index in [-0.39, 0.29) is 35.5 Å². The minimum absolute atomic E-state index is 0. The van der Waals surface area contributed by atoms with Crippen LogP contribution in [-0.4, -0.2) is 23.1 Å². The van der Waals surface area contributed by atoms with Crippen LogP contribution in [0.25, 0.3) is 0 Å². The predicted molar refractivity (Wildman–Crippen MR) is 46.7 cm³/mol. The van der Waals surface area contributed by atoms with Gasteiger partial charge in [0.05, 0.1) is 0 Å². The summed E-state index contributed by atoms with van der Waals surface area (Å²) >= 11 is 11.3. The smallest absolute Gasteiger partial charge is 1.00 e. The van der Waals surface area contributed by atoms with Crippen LogP contribution >= 0.6 is 23.2 Å². The van der Waals surface area contributed by atoms with Crippen molar-refractivity contribution < 1.29 is 12.4 Å². The predicted octanol–water partition coefficient (Wildman–Crippen LogP) is -0.201. The first-order chi connectivity index (χ1) is 4.22. The van der Waals surface area contributed by atoms with Crippen molar-refractivity contribution >= 4 is 46.3 Å². The second-order valence-electron chi connectivity index (χ2n) is 1.70. The third-order valence-corrected chi connectivity index (χ3v) is 1.77. The Labute approximate surface area is 98.8 Å². The summed E-state index contributed by atoms with van der Waals surface area (Å²) in [5.41, 5.74) is 0.695. The van der Waals surface area contributed by atoms with Gasteiger partial charge in [-0.3, -0.25) is 0 Å². The Morgan fingerprint density at radius 3 is 1.73 bits per heavy atom. The first-order valence-electron chi connectivity index (χ1n) is 2.48. The molecule has 0 aromatic heterocycles. The minimum Gasteiger partial charge on any atom is -1.00 e. The first-order valence-corrected chi connectivity index (χ1v) is 3.23. The fourth-order valence-electron chi connectivity index (χ4n) is 0.532. The Balaban J connectivity index is 0. The van der Waals surface area contributed by atoms with Crippen molar-refractivity contribution in [1.29, 1.82) is 0 Å². The van der Waals surface area contributed by atoms with Crippen molar-refractivity contribution in [3.05, 3.63) is 40.7 Å². The number of halogens is 3. The summed E-state index contributed by atoms with van der Waals surface area (Å²) in [6, 6.07) is 5.31. The number of hydrogen-bond acceptors (Lipinski definition) is 0. The summed E-state index contributed by atoms with van der Waals surface area (Å²) in [5, 5.41) is 1.23. The van der Waals surface area contributed by atoms with Crippen molar-refractivity contribution in [1.82, 2.24) is 0 Å². The molecule has 0 aliphatic rings. The van der Waals surface area contributed by atoms with Crippen LogP contribution in [0.1, 0.15) is 5.56 Å². The number of rotatable bonds is 0. The van der Waals surface area contributed by atoms with Gasteiger partial charge in [0, 0.05) is 0 Å². The van der Waals surface area contributed by atoms with Gasteiger partial charge >= 0.3 is 23.1 Å². The first kappa shape index (κ1) is 14.3. The van der Waals surface area contributed by atoms with Gasteiger partial charge in [0.2, 0.25) is 0 Å². The zero-order valence-corrected chi connectivity index (χ0v) is 9.46. The molecule has 0 unspecified atom stereocenters. The van der Waals surface area contributed by atoms with E-state index in [9.17, 15) is 0 Å². The van der Waals surface area contributed by atoms with E-state index >= 15 is 0 Å². The Morgan fingerprint density at radius 1 is 1.09 bits per heavy atom. The summed E-state index contributed by atoms with van der Waals surface area (Å²) in [6.45, 7) is 3.66. The Hall–Kier alpha value is 0.726. The summed E-state index contributed by atoms with van der Waals surface area (Å²) in [6.07, 6.45) is 0. The number of hydrogen-bond donors (Lipinski definition) is 0. The van der Waals surface area contributed by atoms with Crippen molar-refractivity contribution in [2.75, 3.05) is 0 Å². The fraction of sp³-hybridized carbons (Fsp3) is 0. The second-order valence-corrected chi connectivity index (χ2v) is 2.51. The Morgan fingerprint density at radius 2 is 1.45 bits per heavy atom. The van der Waals surface area contributed by atoms with Crippen LogP contribution in [-0.2, 0) is 0 Å². The van der Waals surface area contributed by atoms with Gasteiger partial charge in [-0.05, 0) is 0 Å². The van der Waals surface area contributed by atoms with E-state index in [4.69, 9.17) is 23.2 Å². The average Bonchev–Trinajstić information content (AvgIpc) is 1.83. The van der Waals surface area contributed by atoms with Crippen LogP contribution < -0.4 is 12.4 Å². The molecule has 1 aromatic carbocycles. The maximum atomic E-state index is 5.67. The zero-order valence-electron chi connectivity index (χ0n) is 5.78. The molecular formula is C7H5Cl3Mg. The Bertz CT molecular complexity index is 205. The summed E-state index contributed by atoms with van der Waals surface area (Å²) in [5.74, 6) is 0. The van der Waals surface area contributed by atoms with Crippen molar-refractivity contribution in [2.45, 2.75) is 0 Å². The standard InChI is InChI=1S/C7H5Cl2.ClH.Mg/c1-5-6(8)3-2-4-7(5)9;;/h2-4H,1H2;1H;/q-1;;+2/p-1. The molecule has 56 valence electrons. The monoisotopic (exact) mass is 218 g/mol. The third kappa shape index (κ3) is 3.77. The van der Waals surface area contributed by atoms with E-state index < -0.39 is 0 Å². The van der Waals surface area contributed by atoms with Gasteiger partial charge in [-0.1, -0.05) is 16.1 Å². The van der Waals surface area contributed by atoms with Gasteiger partial charge in [-0.2, -0.15) is 35.7 Å². The van der Waals surface area contributed by atoms with Crippen molar-refractivity contribution in [3.63, 3.8) is 0 Å². The maximum absolute atomic E-state index is 5.67. The largest absolute Gasteiger partial charge is 2.00 e. The van der Waals surface area contributed by atoms with E-state index in [0.717, 1.165) is 0 Å². The molecule has 4 heteroatoms. The summed E-state index contributed by atoms with van der Waals surface area (Å²) in [4.78, 5) is 0. The van der Waals surface area contributed by atoms with Crippen LogP contribution in [0.4, 0.5) is 0 Å². The van der Waals surface area contributed by atoms with Gasteiger partial charge in [-0.25, -0.2) is 0 Å². The average molecular weight is 220 g/mol. The van der Waals surface area contributed by atoms with Gasteiger partial charge in [-0.15, -0.1) is 12.1 Å². The number of benzene rings is 1. The molecule has 0 radical (unpaired) electrons. The second kappa shape index (κ2) is 6.27. The molecule has 0 N–H and O–H groups in total. The van der Waals surface area contributed by atoms with Crippen LogP contribution in [0.15, 0.2) is 18.2 Å². The van der Waals surface area contributed by atoms with E-state index in [1.54, 1.807) is 18.2 Å². The van der Waals surface area contributed by atoms with Gasteiger partial charge in [0.15, 0.2) is 0 Å². The van der Waals surface area contributed by atoms with E-state index in [1.807, 2.05) is 0 Å². The van der Waals surface area contributed by atoms with Crippen LogP contribution in [0, 0.1) is 6.92 Å². The van der Waals surface area contributed by atoms with E-state index in [2.05, 4.69) is 6.92 Å². The molecule has 1 rings (SSSR count). The van der Waals surface area contributed by atoms with E-state index in [0.29, 0.717) is 15.6 Å². The molecule has 0 saturated heterocycles. The van der Waals surface area contributed by atoms with Crippen molar-refractivity contribution in [3.8, 4) is 0 Å². The summed E-state index contributed by atoms with van der Waals surface area (Å²) in [7, 11) is 0. The quantitative estimate of drug-likeness (QED) is 0.419. The SMILES string of the molecule is [CH2-]c1c(Cl)cccc1Cl.[Cl-].[Mg+2]. The zero-order chi connectivity index (χ0) is 6.85. The molecule has 0 aliphatic carbocycles. The van der Waals surface area contributed by atoms with Gasteiger partial charge in [0.25, 0.3) is 0 Å². The fourth-order valence-corrected chi connectivity index (χ4v) is 0.930. The molecule has 0 bridgehead atoms. The molecule has 0 fully saturated rings. The molecule has 0 nitrogen and oxygen atoms in total. The molecule has 11 heavy (non-hydrogen) atoms. The van der Waals surface area contributed by atoms with Gasteiger partial charge in [0.1, 0.15) is 0 Å². The molecule has 0 spiro atoms. The molecule has 1 aromatic rings. The van der Waals surface area contributed by atoms with Crippen LogP contribution in [0.2, 0.25) is 10.0 Å². The third-order valence-electron chi connectivity index (χ3n) is 1.06. The van der Waals surface area contributed by atoms with Crippen molar-refractivity contribution in [2.24, 2.45) is 0 Å². The van der Waals surface area contributed by atoms with Crippen LogP contribution in [0.5, 0.6) is 0 Å². The topological polar surface area (TPSA) is 0 Å². The van der Waals surface area contributed by atoms with Crippen LogP contribution in [0.3, 0.4) is 0 Å². The maximum Gasteiger partial charge on any atom is 2.00 e. The molecular weight excluding hydrogens is 215 g/mol. The molecule has 0 atom stereocenters. The normalized spacial score (nSPS) is 7.82. The van der Waals surface area contributed by atoms with E-state index in [1.165, 1.54) is 0 Å². The Kier molecular flexibility index (Phi) is 8.12. The van der Waals surface area contributed by atoms with Gasteiger partial charge < -0.3 is 12.4 Å². The molecule has 0 heterocycles. The minimum atomic E-state index is 0. The molecule has 0 saturated carbocycles. The molecule has 0 aliphatic heterocycles. The summed E-state index contributed by atoms with van der Waals surface area (Å²) < 4.78 is 0. The molecule has 0 amide bonds.